The molecule has 2 rings (SSSR count). The summed E-state index contributed by atoms with van der Waals surface area (Å²) in [6.45, 7) is 0. The van der Waals surface area contributed by atoms with Crippen LogP contribution in [0.15, 0.2) is 0 Å². The summed E-state index contributed by atoms with van der Waals surface area (Å²) in [4.78, 5) is 21.5. The molecule has 6 N–H and O–H groups in total. The lowest BCUT2D eigenvalue weighted by molar-refractivity contribution is -0.128. The molecule has 0 aromatic rings. The van der Waals surface area contributed by atoms with Crippen LogP contribution < -0.4 is 22.1 Å². The Morgan fingerprint density at radius 2 is 1.29 bits per heavy atom. The van der Waals surface area contributed by atoms with Gasteiger partial charge in [0.05, 0.1) is 0 Å². The molecule has 0 spiro atoms. The van der Waals surface area contributed by atoms with Gasteiger partial charge >= 0.3 is 0 Å². The van der Waals surface area contributed by atoms with Gasteiger partial charge in [-0.3, -0.25) is 9.59 Å². The second kappa shape index (κ2) is 3.61. The average molecular weight is 234 g/mol. The first-order chi connectivity index (χ1) is 6.59. The lowest BCUT2D eigenvalue weighted by Crippen LogP contribution is -2.66. The van der Waals surface area contributed by atoms with Gasteiger partial charge < -0.3 is 22.1 Å². The minimum absolute atomic E-state index is 0.0720. The highest BCUT2D eigenvalue weighted by Gasteiger charge is 2.41. The Balaban J connectivity index is 1.69. The third-order valence-corrected chi connectivity index (χ3v) is 5.02. The summed E-state index contributed by atoms with van der Waals surface area (Å²) in [5.41, 5.74) is 11.0. The third-order valence-electron chi connectivity index (χ3n) is 2.09. The van der Waals surface area contributed by atoms with Crippen molar-refractivity contribution in [3.8, 4) is 0 Å². The zero-order valence-corrected chi connectivity index (χ0v) is 8.73. The van der Waals surface area contributed by atoms with Gasteiger partial charge in [-0.05, 0) is 0 Å². The van der Waals surface area contributed by atoms with Gasteiger partial charge in [-0.15, -0.1) is 0 Å². The van der Waals surface area contributed by atoms with E-state index in [-0.39, 0.29) is 22.6 Å². The van der Waals surface area contributed by atoms with E-state index in [4.69, 9.17) is 11.5 Å². The van der Waals surface area contributed by atoms with E-state index in [0.29, 0.717) is 0 Å². The van der Waals surface area contributed by atoms with E-state index in [2.05, 4.69) is 10.6 Å². The predicted molar refractivity (Wildman–Crippen MR) is 55.0 cm³/mol. The van der Waals surface area contributed by atoms with Crippen molar-refractivity contribution in [2.45, 2.75) is 22.8 Å². The van der Waals surface area contributed by atoms with Gasteiger partial charge in [0.1, 0.15) is 22.8 Å². The molecule has 2 amide bonds. The maximum absolute atomic E-state index is 10.7. The molecule has 0 radical (unpaired) electrons. The Labute approximate surface area is 88.3 Å². The fraction of sp³-hybridized carbons (Fsp3) is 0.667. The van der Waals surface area contributed by atoms with Crippen LogP contribution in [0.2, 0.25) is 0 Å². The van der Waals surface area contributed by atoms with Crippen molar-refractivity contribution < 1.29 is 9.59 Å². The van der Waals surface area contributed by atoms with Crippen LogP contribution in [0.3, 0.4) is 0 Å². The van der Waals surface area contributed by atoms with Gasteiger partial charge in [-0.1, -0.05) is 21.6 Å². The summed E-state index contributed by atoms with van der Waals surface area (Å²) in [5.74, 6) is -0.268. The second-order valence-corrected chi connectivity index (χ2v) is 5.66. The zero-order valence-electron chi connectivity index (χ0n) is 7.10. The van der Waals surface area contributed by atoms with Gasteiger partial charge in [-0.2, -0.15) is 0 Å². The normalized spacial score (nSPS) is 40.7. The first-order valence-corrected chi connectivity index (χ1v) is 6.31. The summed E-state index contributed by atoms with van der Waals surface area (Å²) >= 11 is 0. The van der Waals surface area contributed by atoms with Crippen molar-refractivity contribution in [3.05, 3.63) is 0 Å². The zero-order chi connectivity index (χ0) is 10.3. The molecule has 2 aliphatic rings. The largest absolute Gasteiger partial charge is 0.340 e. The minimum Gasteiger partial charge on any atom is -0.340 e. The molecular weight excluding hydrogens is 224 g/mol. The Morgan fingerprint density at radius 1 is 0.929 bits per heavy atom. The first-order valence-electron chi connectivity index (χ1n) is 4.03. The predicted octanol–water partition coefficient (Wildman–Crippen LogP) is -2.07. The molecule has 14 heavy (non-hydrogen) atoms. The molecule has 2 saturated heterocycles. The number of hydrogen-bond acceptors (Lipinski definition) is 6. The number of carbonyl (C=O) groups excluding carboxylic acids is 2. The van der Waals surface area contributed by atoms with Crippen LogP contribution in [0.25, 0.3) is 0 Å². The molecule has 0 aliphatic carbocycles. The minimum atomic E-state index is -0.445. The summed E-state index contributed by atoms with van der Waals surface area (Å²) in [5, 5.41) is 5.15. The van der Waals surface area contributed by atoms with Crippen LogP contribution in [0.5, 0.6) is 0 Å². The maximum Gasteiger partial charge on any atom is 0.240 e. The van der Waals surface area contributed by atoms with E-state index in [1.54, 1.807) is 0 Å². The van der Waals surface area contributed by atoms with E-state index in [1.807, 2.05) is 0 Å². The van der Waals surface area contributed by atoms with Crippen molar-refractivity contribution in [3.63, 3.8) is 0 Å². The molecule has 78 valence electrons. The molecule has 6 nitrogen and oxygen atoms in total. The van der Waals surface area contributed by atoms with Crippen LogP contribution in [0, 0.1) is 0 Å². The number of β-lactam (4-membered cyclic amide) rings is 2. The van der Waals surface area contributed by atoms with Gasteiger partial charge in [-0.25, -0.2) is 0 Å². The smallest absolute Gasteiger partial charge is 0.240 e. The lowest BCUT2D eigenvalue weighted by atomic mass is 10.2. The second-order valence-electron chi connectivity index (χ2n) is 3.10. The number of nitrogens with two attached hydrogens (primary N) is 2. The fourth-order valence-corrected chi connectivity index (χ4v) is 3.80. The fourth-order valence-electron chi connectivity index (χ4n) is 1.02. The van der Waals surface area contributed by atoms with Gasteiger partial charge in [0.2, 0.25) is 11.8 Å². The van der Waals surface area contributed by atoms with E-state index < -0.39 is 12.1 Å². The summed E-state index contributed by atoms with van der Waals surface area (Å²) in [7, 11) is 2.86. The van der Waals surface area contributed by atoms with Crippen molar-refractivity contribution in [2.75, 3.05) is 0 Å². The number of rotatable bonds is 3. The number of hydrogen-bond donors (Lipinski definition) is 4. The molecule has 0 bridgehead atoms. The van der Waals surface area contributed by atoms with Crippen LogP contribution in [-0.4, -0.2) is 34.6 Å². The highest BCUT2D eigenvalue weighted by Crippen LogP contribution is 2.36. The quantitative estimate of drug-likeness (QED) is 0.330. The Morgan fingerprint density at radius 3 is 1.50 bits per heavy atom. The molecule has 0 aromatic carbocycles. The van der Waals surface area contributed by atoms with Crippen molar-refractivity contribution in [1.29, 1.82) is 0 Å². The molecule has 8 heteroatoms. The van der Waals surface area contributed by atoms with E-state index in [0.717, 1.165) is 0 Å². The summed E-state index contributed by atoms with van der Waals surface area (Å²) in [6.07, 6.45) is 0. The SMILES string of the molecule is N[C@@H]1C(=O)N[C@@H]1SS[C@H]1NC(=O)[C@H]1N. The number of amides is 2. The molecule has 0 unspecified atom stereocenters. The monoisotopic (exact) mass is 234 g/mol. The topological polar surface area (TPSA) is 110 Å². The number of nitrogens with one attached hydrogen (secondary N) is 2. The molecular formula is C6H10N4O2S2. The van der Waals surface area contributed by atoms with Crippen LogP contribution in [0.1, 0.15) is 0 Å². The lowest BCUT2D eigenvalue weighted by Gasteiger charge is -2.37. The van der Waals surface area contributed by atoms with Gasteiger partial charge in [0, 0.05) is 0 Å². The van der Waals surface area contributed by atoms with Crippen molar-refractivity contribution in [1.82, 2.24) is 10.6 Å². The Bertz CT molecular complexity index is 259. The molecule has 2 aliphatic heterocycles. The Hall–Kier alpha value is -0.440. The summed E-state index contributed by atoms with van der Waals surface area (Å²) < 4.78 is 0. The van der Waals surface area contributed by atoms with Crippen LogP contribution in [-0.2, 0) is 9.59 Å². The Kier molecular flexibility index (Phi) is 2.60. The van der Waals surface area contributed by atoms with Crippen LogP contribution in [0.4, 0.5) is 0 Å². The third kappa shape index (κ3) is 1.58. The summed E-state index contributed by atoms with van der Waals surface area (Å²) in [6, 6.07) is -0.890. The highest BCUT2D eigenvalue weighted by atomic mass is 33.1. The highest BCUT2D eigenvalue weighted by molar-refractivity contribution is 8.77. The van der Waals surface area contributed by atoms with Gasteiger partial charge in [0.25, 0.3) is 0 Å². The van der Waals surface area contributed by atoms with Gasteiger partial charge in [0.15, 0.2) is 0 Å². The van der Waals surface area contributed by atoms with E-state index in [1.165, 1.54) is 21.6 Å². The number of carbonyl (C=O) groups is 2. The molecule has 2 fully saturated rings. The molecule has 4 atom stereocenters. The standard InChI is InChI=1S/C6H10N4O2S2/c7-1-3(11)9-5(1)13-14-6-2(8)4(12)10-6/h1-2,5-6H,7-8H2,(H,9,11)(H,10,12)/t1-,2-,5-,6-/m1/s1. The maximum atomic E-state index is 10.7. The molecule has 2 heterocycles. The van der Waals surface area contributed by atoms with E-state index >= 15 is 0 Å². The van der Waals surface area contributed by atoms with Crippen molar-refractivity contribution in [2.24, 2.45) is 11.5 Å². The van der Waals surface area contributed by atoms with Crippen LogP contribution >= 0.6 is 21.6 Å². The van der Waals surface area contributed by atoms with Crippen molar-refractivity contribution >= 4 is 33.4 Å². The molecule has 0 aromatic heterocycles. The average Bonchev–Trinajstić information content (AvgIpc) is 2.20. The molecule has 0 saturated carbocycles. The first kappa shape index (κ1) is 10.1. The van der Waals surface area contributed by atoms with E-state index in [9.17, 15) is 9.59 Å².